The average Bonchev–Trinajstić information content (AvgIpc) is 2.54. The highest BCUT2D eigenvalue weighted by Gasteiger charge is 2.15. The predicted molar refractivity (Wildman–Crippen MR) is 92.6 cm³/mol. The fraction of sp³-hybridized carbons (Fsp3) is 0.125. The lowest BCUT2D eigenvalue weighted by Gasteiger charge is -2.12. The van der Waals surface area contributed by atoms with Crippen molar-refractivity contribution in [3.8, 4) is 0 Å². The molecule has 0 aliphatic heterocycles. The monoisotopic (exact) mass is 368 g/mol. The summed E-state index contributed by atoms with van der Waals surface area (Å²) in [4.78, 5) is 24.3. The Bertz CT molecular complexity index is 742. The van der Waals surface area contributed by atoms with Crippen LogP contribution in [0.25, 0.3) is 0 Å². The Balaban J connectivity index is 2.20. The summed E-state index contributed by atoms with van der Waals surface area (Å²) in [6.07, 6.45) is 0. The van der Waals surface area contributed by atoms with Gasteiger partial charge in [0.1, 0.15) is 0 Å². The van der Waals surface area contributed by atoms with Crippen LogP contribution in [0.15, 0.2) is 58.3 Å². The van der Waals surface area contributed by atoms with Crippen LogP contribution in [0, 0.1) is 0 Å². The zero-order valence-electron chi connectivity index (χ0n) is 12.4. The number of carbonyl (C=O) groups is 2. The number of rotatable bonds is 7. The number of primary amides is 1. The molecule has 2 rings (SSSR count). The molecular weight excluding hydrogens is 354 g/mol. The molecule has 0 fully saturated rings. The molecule has 2 aromatic carbocycles. The minimum absolute atomic E-state index is 0.0438. The third-order valence-electron chi connectivity index (χ3n) is 2.85. The van der Waals surface area contributed by atoms with Crippen molar-refractivity contribution in [1.82, 2.24) is 0 Å². The van der Waals surface area contributed by atoms with Gasteiger partial charge in [0.15, 0.2) is 0 Å². The summed E-state index contributed by atoms with van der Waals surface area (Å²) in [7, 11) is 0. The first-order chi connectivity index (χ1) is 11.5. The second-order valence-electron chi connectivity index (χ2n) is 4.58. The van der Waals surface area contributed by atoms with Gasteiger partial charge in [-0.2, -0.15) is 8.78 Å². The molecule has 3 N–H and O–H groups in total. The summed E-state index contributed by atoms with van der Waals surface area (Å²) < 4.78 is 25.2. The van der Waals surface area contributed by atoms with Gasteiger partial charge in [0, 0.05) is 9.79 Å². The molecule has 0 aliphatic rings. The van der Waals surface area contributed by atoms with E-state index in [1.807, 2.05) is 0 Å². The van der Waals surface area contributed by atoms with Gasteiger partial charge >= 0.3 is 0 Å². The quantitative estimate of drug-likeness (QED) is 0.729. The van der Waals surface area contributed by atoms with Crippen molar-refractivity contribution in [3.63, 3.8) is 0 Å². The summed E-state index contributed by atoms with van der Waals surface area (Å²) in [6.45, 7) is 0. The third kappa shape index (κ3) is 5.24. The molecule has 0 heterocycles. The summed E-state index contributed by atoms with van der Waals surface area (Å²) in [6, 6.07) is 13.1. The highest BCUT2D eigenvalue weighted by molar-refractivity contribution is 8.00. The summed E-state index contributed by atoms with van der Waals surface area (Å²) in [5.74, 6) is -3.47. The second kappa shape index (κ2) is 8.70. The first-order valence-electron chi connectivity index (χ1n) is 6.82. The number of nitrogens with one attached hydrogen (secondary N) is 1. The van der Waals surface area contributed by atoms with Crippen LogP contribution in [-0.2, 0) is 4.79 Å². The second-order valence-corrected chi connectivity index (χ2v) is 6.63. The van der Waals surface area contributed by atoms with Crippen molar-refractivity contribution in [3.05, 3.63) is 54.1 Å². The van der Waals surface area contributed by atoms with E-state index in [0.29, 0.717) is 27.9 Å². The highest BCUT2D eigenvalue weighted by Crippen LogP contribution is 2.32. The molecule has 8 heteroatoms. The summed E-state index contributed by atoms with van der Waals surface area (Å²) in [5, 5.41) is 2.64. The molecule has 24 heavy (non-hydrogen) atoms. The van der Waals surface area contributed by atoms with Crippen LogP contribution in [0.3, 0.4) is 0 Å². The van der Waals surface area contributed by atoms with Crippen molar-refractivity contribution in [1.29, 1.82) is 0 Å². The van der Waals surface area contributed by atoms with E-state index in [-0.39, 0.29) is 10.6 Å². The van der Waals surface area contributed by atoms with Gasteiger partial charge in [-0.1, -0.05) is 36.0 Å². The third-order valence-corrected chi connectivity index (χ3v) is 4.74. The van der Waals surface area contributed by atoms with E-state index in [1.54, 1.807) is 42.5 Å². The summed E-state index contributed by atoms with van der Waals surface area (Å²) >= 11 is 1.51. The van der Waals surface area contributed by atoms with Crippen LogP contribution < -0.4 is 11.1 Å². The minimum atomic E-state index is -2.58. The first kappa shape index (κ1) is 18.3. The number of benzene rings is 2. The SMILES string of the molecule is NC(=O)CSc1ccccc1C(=O)Nc1ccccc1SC(F)F. The number of hydrogen-bond donors (Lipinski definition) is 2. The lowest BCUT2D eigenvalue weighted by Crippen LogP contribution is -2.16. The van der Waals surface area contributed by atoms with Crippen molar-refractivity contribution < 1.29 is 18.4 Å². The van der Waals surface area contributed by atoms with Crippen LogP contribution in [0.1, 0.15) is 10.4 Å². The van der Waals surface area contributed by atoms with Gasteiger partial charge in [-0.15, -0.1) is 11.8 Å². The molecule has 126 valence electrons. The molecule has 0 aliphatic carbocycles. The van der Waals surface area contributed by atoms with Gasteiger partial charge < -0.3 is 11.1 Å². The van der Waals surface area contributed by atoms with Crippen molar-refractivity contribution in [2.24, 2.45) is 5.73 Å². The van der Waals surface area contributed by atoms with Crippen LogP contribution in [-0.4, -0.2) is 23.3 Å². The molecule has 0 spiro atoms. The topological polar surface area (TPSA) is 72.2 Å². The maximum absolute atomic E-state index is 12.6. The molecule has 2 aromatic rings. The molecule has 2 amide bonds. The van der Waals surface area contributed by atoms with Crippen molar-refractivity contribution in [2.75, 3.05) is 11.1 Å². The Hall–Kier alpha value is -2.06. The largest absolute Gasteiger partial charge is 0.369 e. The zero-order valence-corrected chi connectivity index (χ0v) is 14.0. The van der Waals surface area contributed by atoms with Crippen LogP contribution in [0.4, 0.5) is 14.5 Å². The maximum Gasteiger partial charge on any atom is 0.288 e. The number of halogens is 2. The van der Waals surface area contributed by atoms with Gasteiger partial charge in [0.2, 0.25) is 5.91 Å². The molecule has 0 bridgehead atoms. The van der Waals surface area contributed by atoms with Crippen molar-refractivity contribution >= 4 is 41.0 Å². The van der Waals surface area contributed by atoms with E-state index in [1.165, 1.54) is 6.07 Å². The van der Waals surface area contributed by atoms with Crippen molar-refractivity contribution in [2.45, 2.75) is 15.5 Å². The van der Waals surface area contributed by atoms with E-state index in [9.17, 15) is 18.4 Å². The Kier molecular flexibility index (Phi) is 6.62. The van der Waals surface area contributed by atoms with E-state index >= 15 is 0 Å². The van der Waals surface area contributed by atoms with Gasteiger partial charge in [0.05, 0.1) is 17.0 Å². The highest BCUT2D eigenvalue weighted by atomic mass is 32.2. The average molecular weight is 368 g/mol. The Labute approximate surface area is 146 Å². The normalized spacial score (nSPS) is 10.6. The zero-order chi connectivity index (χ0) is 17.5. The lowest BCUT2D eigenvalue weighted by molar-refractivity contribution is -0.115. The summed E-state index contributed by atoms with van der Waals surface area (Å²) in [5.41, 5.74) is 5.78. The number of nitrogens with two attached hydrogens (primary N) is 1. The van der Waals surface area contributed by atoms with E-state index in [0.717, 1.165) is 11.8 Å². The number of thioether (sulfide) groups is 2. The molecule has 0 saturated carbocycles. The molecule has 0 radical (unpaired) electrons. The number of anilines is 1. The Morgan fingerprint density at radius 2 is 1.67 bits per heavy atom. The number of amides is 2. The van der Waals surface area contributed by atoms with Gasteiger partial charge in [0.25, 0.3) is 11.7 Å². The number of carbonyl (C=O) groups excluding carboxylic acids is 2. The first-order valence-corrected chi connectivity index (χ1v) is 8.69. The smallest absolute Gasteiger partial charge is 0.288 e. The van der Waals surface area contributed by atoms with Gasteiger partial charge in [-0.3, -0.25) is 9.59 Å². The fourth-order valence-corrected chi connectivity index (χ4v) is 3.27. The number of hydrogen-bond acceptors (Lipinski definition) is 4. The van der Waals surface area contributed by atoms with Crippen LogP contribution in [0.5, 0.6) is 0 Å². The van der Waals surface area contributed by atoms with Crippen LogP contribution >= 0.6 is 23.5 Å². The van der Waals surface area contributed by atoms with E-state index < -0.39 is 17.6 Å². The van der Waals surface area contributed by atoms with E-state index in [4.69, 9.17) is 5.73 Å². The number of para-hydroxylation sites is 1. The van der Waals surface area contributed by atoms with E-state index in [2.05, 4.69) is 5.32 Å². The minimum Gasteiger partial charge on any atom is -0.369 e. The molecular formula is C16H14F2N2O2S2. The molecule has 0 atom stereocenters. The molecule has 0 aromatic heterocycles. The molecule has 0 saturated heterocycles. The maximum atomic E-state index is 12.6. The Morgan fingerprint density at radius 3 is 2.33 bits per heavy atom. The standard InChI is InChI=1S/C16H14F2N2O2S2/c17-16(18)24-13-8-4-2-6-11(13)20-15(22)10-5-1-3-7-12(10)23-9-14(19)21/h1-8,16H,9H2,(H2,19,21)(H,20,22). The van der Waals surface area contributed by atoms with Gasteiger partial charge in [-0.05, 0) is 24.3 Å². The van der Waals surface area contributed by atoms with Gasteiger partial charge in [-0.25, -0.2) is 0 Å². The molecule has 4 nitrogen and oxygen atoms in total. The van der Waals surface area contributed by atoms with Crippen LogP contribution in [0.2, 0.25) is 0 Å². The molecule has 0 unspecified atom stereocenters. The predicted octanol–water partition coefficient (Wildman–Crippen LogP) is 3.83. The Morgan fingerprint density at radius 1 is 1.04 bits per heavy atom. The fourth-order valence-electron chi connectivity index (χ4n) is 1.89. The lowest BCUT2D eigenvalue weighted by atomic mass is 10.2. The number of alkyl halides is 2.